The van der Waals surface area contributed by atoms with Crippen LogP contribution in [0.5, 0.6) is 0 Å². The average Bonchev–Trinajstić information content (AvgIpc) is 3.03. The highest BCUT2D eigenvalue weighted by molar-refractivity contribution is 5.82. The number of benzene rings is 1. The maximum Gasteiger partial charge on any atom is 0.224 e. The molecular formula is C23H33N3O2. The van der Waals surface area contributed by atoms with Gasteiger partial charge in [0.05, 0.1) is 0 Å². The molecule has 1 spiro atoms. The first-order valence-corrected chi connectivity index (χ1v) is 10.8. The minimum atomic E-state index is 0.108. The molecule has 1 aromatic rings. The fraction of sp³-hybridized carbons (Fsp3) is 0.652. The van der Waals surface area contributed by atoms with Crippen molar-refractivity contribution in [3.63, 3.8) is 0 Å². The molecule has 0 saturated carbocycles. The van der Waals surface area contributed by atoms with E-state index in [2.05, 4.69) is 40.1 Å². The first kappa shape index (κ1) is 19.4. The fourth-order valence-corrected chi connectivity index (χ4v) is 5.19. The second kappa shape index (κ2) is 8.24. The summed E-state index contributed by atoms with van der Waals surface area (Å²) < 4.78 is 0. The normalized spacial score (nSPS) is 25.5. The number of amides is 2. The SMILES string of the molecule is CN1C(=O)CCC1CC(=O)N1CCC2(CCN(Cc3ccccc3)CC2)CC1. The van der Waals surface area contributed by atoms with Crippen molar-refractivity contribution in [2.45, 2.75) is 57.5 Å². The van der Waals surface area contributed by atoms with Crippen molar-refractivity contribution in [2.24, 2.45) is 5.41 Å². The van der Waals surface area contributed by atoms with E-state index in [-0.39, 0.29) is 17.9 Å². The largest absolute Gasteiger partial charge is 0.343 e. The highest BCUT2D eigenvalue weighted by Gasteiger charge is 2.39. The fourth-order valence-electron chi connectivity index (χ4n) is 5.19. The Labute approximate surface area is 168 Å². The maximum absolute atomic E-state index is 12.7. The van der Waals surface area contributed by atoms with Crippen LogP contribution in [0.3, 0.4) is 0 Å². The number of carbonyl (C=O) groups is 2. The molecule has 4 rings (SSSR count). The molecule has 0 N–H and O–H groups in total. The molecule has 0 bridgehead atoms. The quantitative estimate of drug-likeness (QED) is 0.803. The van der Waals surface area contributed by atoms with E-state index in [1.807, 2.05) is 7.05 Å². The van der Waals surface area contributed by atoms with Gasteiger partial charge in [0, 0.05) is 45.6 Å². The zero-order chi connectivity index (χ0) is 19.6. The van der Waals surface area contributed by atoms with Crippen LogP contribution in [-0.2, 0) is 16.1 Å². The summed E-state index contributed by atoms with van der Waals surface area (Å²) in [5.74, 6) is 0.417. The molecule has 1 atom stereocenters. The molecule has 1 unspecified atom stereocenters. The second-order valence-electron chi connectivity index (χ2n) is 9.04. The summed E-state index contributed by atoms with van der Waals surface area (Å²) in [6, 6.07) is 10.8. The van der Waals surface area contributed by atoms with Crippen LogP contribution in [0.4, 0.5) is 0 Å². The van der Waals surface area contributed by atoms with Crippen LogP contribution in [0.2, 0.25) is 0 Å². The van der Waals surface area contributed by atoms with Gasteiger partial charge in [0.1, 0.15) is 0 Å². The number of nitrogens with zero attached hydrogens (tertiary/aromatic N) is 3. The Bertz CT molecular complexity index is 687. The van der Waals surface area contributed by atoms with Crippen LogP contribution in [0, 0.1) is 5.41 Å². The number of rotatable bonds is 4. The molecule has 0 aromatic heterocycles. The number of carbonyl (C=O) groups excluding carboxylic acids is 2. The van der Waals surface area contributed by atoms with Crippen LogP contribution in [0.15, 0.2) is 30.3 Å². The molecule has 3 heterocycles. The lowest BCUT2D eigenvalue weighted by Crippen LogP contribution is -2.48. The summed E-state index contributed by atoms with van der Waals surface area (Å²) >= 11 is 0. The molecule has 3 saturated heterocycles. The van der Waals surface area contributed by atoms with Gasteiger partial charge in [-0.05, 0) is 56.2 Å². The molecule has 3 aliphatic rings. The van der Waals surface area contributed by atoms with Gasteiger partial charge in [0.25, 0.3) is 0 Å². The van der Waals surface area contributed by atoms with Crippen LogP contribution in [0.1, 0.15) is 50.5 Å². The molecule has 3 fully saturated rings. The number of likely N-dealkylation sites (tertiary alicyclic amines) is 3. The summed E-state index contributed by atoms with van der Waals surface area (Å²) in [7, 11) is 1.84. The Morgan fingerprint density at radius 1 is 1.04 bits per heavy atom. The number of hydrogen-bond acceptors (Lipinski definition) is 3. The maximum atomic E-state index is 12.7. The monoisotopic (exact) mass is 383 g/mol. The Morgan fingerprint density at radius 3 is 2.29 bits per heavy atom. The smallest absolute Gasteiger partial charge is 0.224 e. The summed E-state index contributed by atoms with van der Waals surface area (Å²) in [5, 5.41) is 0. The van der Waals surface area contributed by atoms with Gasteiger partial charge in [-0.25, -0.2) is 0 Å². The first-order chi connectivity index (χ1) is 13.5. The minimum Gasteiger partial charge on any atom is -0.343 e. The molecule has 5 nitrogen and oxygen atoms in total. The molecule has 152 valence electrons. The molecule has 5 heteroatoms. The highest BCUT2D eigenvalue weighted by Crippen LogP contribution is 2.41. The van der Waals surface area contributed by atoms with Crippen LogP contribution in [-0.4, -0.2) is 65.8 Å². The van der Waals surface area contributed by atoms with Gasteiger partial charge >= 0.3 is 0 Å². The molecule has 28 heavy (non-hydrogen) atoms. The number of piperidine rings is 2. The van der Waals surface area contributed by atoms with E-state index in [4.69, 9.17) is 0 Å². The van der Waals surface area contributed by atoms with E-state index < -0.39 is 0 Å². The van der Waals surface area contributed by atoms with Crippen molar-refractivity contribution in [3.05, 3.63) is 35.9 Å². The van der Waals surface area contributed by atoms with Gasteiger partial charge in [-0.3, -0.25) is 14.5 Å². The first-order valence-electron chi connectivity index (χ1n) is 10.8. The Balaban J connectivity index is 1.23. The Morgan fingerprint density at radius 2 is 1.68 bits per heavy atom. The average molecular weight is 384 g/mol. The third-order valence-corrected chi connectivity index (χ3v) is 7.39. The van der Waals surface area contributed by atoms with E-state index in [0.29, 0.717) is 18.3 Å². The van der Waals surface area contributed by atoms with Gasteiger partial charge in [-0.1, -0.05) is 30.3 Å². The molecule has 0 radical (unpaired) electrons. The van der Waals surface area contributed by atoms with Gasteiger partial charge in [-0.15, -0.1) is 0 Å². The standard InChI is InChI=1S/C23H33N3O2/c1-24-20(7-8-21(24)27)17-22(28)26-15-11-23(12-16-26)9-13-25(14-10-23)18-19-5-3-2-4-6-19/h2-6,20H,7-18H2,1H3. The zero-order valence-electron chi connectivity index (χ0n) is 17.1. The van der Waals surface area contributed by atoms with Crippen molar-refractivity contribution in [2.75, 3.05) is 33.2 Å². The molecular weight excluding hydrogens is 350 g/mol. The van der Waals surface area contributed by atoms with Crippen molar-refractivity contribution in [3.8, 4) is 0 Å². The van der Waals surface area contributed by atoms with Crippen LogP contribution < -0.4 is 0 Å². The summed E-state index contributed by atoms with van der Waals surface area (Å²) in [5.41, 5.74) is 1.83. The minimum absolute atomic E-state index is 0.108. The van der Waals surface area contributed by atoms with Crippen molar-refractivity contribution in [1.29, 1.82) is 0 Å². The summed E-state index contributed by atoms with van der Waals surface area (Å²) in [6.45, 7) is 5.16. The van der Waals surface area contributed by atoms with E-state index in [1.54, 1.807) is 4.90 Å². The van der Waals surface area contributed by atoms with Gasteiger partial charge < -0.3 is 9.80 Å². The van der Waals surface area contributed by atoms with E-state index in [0.717, 1.165) is 52.0 Å². The van der Waals surface area contributed by atoms with E-state index >= 15 is 0 Å². The second-order valence-corrected chi connectivity index (χ2v) is 9.04. The molecule has 3 aliphatic heterocycles. The topological polar surface area (TPSA) is 43.9 Å². The lowest BCUT2D eigenvalue weighted by atomic mass is 9.71. The van der Waals surface area contributed by atoms with Crippen molar-refractivity contribution in [1.82, 2.24) is 14.7 Å². The molecule has 0 aliphatic carbocycles. The third-order valence-electron chi connectivity index (χ3n) is 7.39. The number of hydrogen-bond donors (Lipinski definition) is 0. The zero-order valence-corrected chi connectivity index (χ0v) is 17.1. The lowest BCUT2D eigenvalue weighted by Gasteiger charge is -2.47. The lowest BCUT2D eigenvalue weighted by molar-refractivity contribution is -0.136. The Hall–Kier alpha value is -1.88. The Kier molecular flexibility index (Phi) is 5.72. The predicted molar refractivity (Wildman–Crippen MR) is 110 cm³/mol. The van der Waals surface area contributed by atoms with Crippen LogP contribution in [0.25, 0.3) is 0 Å². The van der Waals surface area contributed by atoms with Gasteiger partial charge in [-0.2, -0.15) is 0 Å². The van der Waals surface area contributed by atoms with E-state index in [9.17, 15) is 9.59 Å². The molecule has 1 aromatic carbocycles. The highest BCUT2D eigenvalue weighted by atomic mass is 16.2. The van der Waals surface area contributed by atoms with Gasteiger partial charge in [0.2, 0.25) is 11.8 Å². The summed E-state index contributed by atoms with van der Waals surface area (Å²) in [4.78, 5) is 30.8. The van der Waals surface area contributed by atoms with Crippen molar-refractivity contribution < 1.29 is 9.59 Å². The van der Waals surface area contributed by atoms with Crippen molar-refractivity contribution >= 4 is 11.8 Å². The molecule has 2 amide bonds. The van der Waals surface area contributed by atoms with Gasteiger partial charge in [0.15, 0.2) is 0 Å². The third kappa shape index (κ3) is 4.24. The van der Waals surface area contributed by atoms with Crippen LogP contribution >= 0.6 is 0 Å². The predicted octanol–water partition coefficient (Wildman–Crippen LogP) is 2.90. The summed E-state index contributed by atoms with van der Waals surface area (Å²) in [6.07, 6.45) is 6.70. The van der Waals surface area contributed by atoms with E-state index in [1.165, 1.54) is 18.4 Å².